The van der Waals surface area contributed by atoms with Crippen molar-refractivity contribution < 1.29 is 14.7 Å². The molecule has 0 saturated heterocycles. The summed E-state index contributed by atoms with van der Waals surface area (Å²) in [4.78, 5) is 27.7. The van der Waals surface area contributed by atoms with E-state index in [1.165, 1.54) is 0 Å². The Kier molecular flexibility index (Phi) is 5.95. The second-order valence-corrected chi connectivity index (χ2v) is 9.00. The van der Waals surface area contributed by atoms with Crippen LogP contribution in [0.3, 0.4) is 0 Å². The van der Waals surface area contributed by atoms with Gasteiger partial charge in [-0.1, -0.05) is 54.1 Å². The summed E-state index contributed by atoms with van der Waals surface area (Å²) in [6.07, 6.45) is 0.303. The summed E-state index contributed by atoms with van der Waals surface area (Å²) in [5.74, 6) is -0.785. The van der Waals surface area contributed by atoms with Crippen LogP contribution < -0.4 is 4.90 Å². The fourth-order valence-electron chi connectivity index (χ4n) is 3.77. The third-order valence-electron chi connectivity index (χ3n) is 5.34. The molecule has 1 N–H and O–H groups in total. The second kappa shape index (κ2) is 8.49. The zero-order valence-electron chi connectivity index (χ0n) is 16.0. The Morgan fingerprint density at radius 1 is 1.03 bits per heavy atom. The molecule has 1 heterocycles. The number of fused-ring (bicyclic) bond motifs is 1. The second-order valence-electron chi connectivity index (χ2n) is 7.32. The van der Waals surface area contributed by atoms with Gasteiger partial charge in [-0.05, 0) is 64.9 Å². The molecule has 0 saturated carbocycles. The maximum atomic E-state index is 13.3. The third kappa shape index (κ3) is 4.02. The zero-order valence-corrected chi connectivity index (χ0v) is 18.9. The number of rotatable bonds is 6. The van der Waals surface area contributed by atoms with Crippen molar-refractivity contribution >= 4 is 51.6 Å². The van der Waals surface area contributed by atoms with Crippen LogP contribution in [0.5, 0.6) is 0 Å². The van der Waals surface area contributed by atoms with Crippen LogP contribution in [0.2, 0.25) is 5.02 Å². The Morgan fingerprint density at radius 3 is 2.43 bits per heavy atom. The fourth-order valence-corrected chi connectivity index (χ4v) is 4.30. The van der Waals surface area contributed by atoms with Crippen LogP contribution >= 0.6 is 34.2 Å². The van der Waals surface area contributed by atoms with Crippen molar-refractivity contribution in [1.82, 2.24) is 0 Å². The lowest BCUT2D eigenvalue weighted by Crippen LogP contribution is -2.42. The van der Waals surface area contributed by atoms with E-state index in [2.05, 4.69) is 22.6 Å². The summed E-state index contributed by atoms with van der Waals surface area (Å²) in [5, 5.41) is 11.8. The van der Waals surface area contributed by atoms with Crippen molar-refractivity contribution in [2.75, 3.05) is 11.4 Å². The van der Waals surface area contributed by atoms with Crippen molar-refractivity contribution in [2.45, 2.75) is 18.4 Å². The number of benzene rings is 3. The molecule has 6 heteroatoms. The predicted octanol–water partition coefficient (Wildman–Crippen LogP) is 4.99. The number of carbonyl (C=O) groups is 2. The van der Waals surface area contributed by atoms with Crippen molar-refractivity contribution in [3.05, 3.63) is 98.1 Å². The van der Waals surface area contributed by atoms with Crippen molar-refractivity contribution in [1.29, 1.82) is 0 Å². The predicted molar refractivity (Wildman–Crippen MR) is 126 cm³/mol. The van der Waals surface area contributed by atoms with Gasteiger partial charge in [-0.15, -0.1) is 0 Å². The molecule has 1 amide bonds. The van der Waals surface area contributed by atoms with Gasteiger partial charge in [-0.3, -0.25) is 9.59 Å². The molecule has 0 spiro atoms. The number of amides is 1. The van der Waals surface area contributed by atoms with Crippen molar-refractivity contribution in [3.63, 3.8) is 0 Å². The van der Waals surface area contributed by atoms with E-state index < -0.39 is 11.5 Å². The van der Waals surface area contributed by atoms with E-state index in [1.807, 2.05) is 42.5 Å². The molecule has 4 rings (SSSR count). The number of halogens is 2. The summed E-state index contributed by atoms with van der Waals surface area (Å²) < 4.78 is 1.00. The van der Waals surface area contributed by atoms with E-state index in [0.717, 1.165) is 9.13 Å². The van der Waals surface area contributed by atoms with Gasteiger partial charge in [0.15, 0.2) is 11.4 Å². The normalized spacial score (nSPS) is 17.8. The number of anilines is 1. The Morgan fingerprint density at radius 2 is 1.73 bits per heavy atom. The molecule has 1 aliphatic rings. The summed E-state index contributed by atoms with van der Waals surface area (Å²) in [5.41, 5.74) is 0.594. The smallest absolute Gasteiger partial charge is 0.264 e. The summed E-state index contributed by atoms with van der Waals surface area (Å²) >= 11 is 8.32. The van der Waals surface area contributed by atoms with Crippen LogP contribution in [0.15, 0.2) is 72.8 Å². The minimum absolute atomic E-state index is 0.293. The van der Waals surface area contributed by atoms with Crippen LogP contribution in [0.25, 0.3) is 0 Å². The molecule has 3 aromatic carbocycles. The molecule has 0 radical (unpaired) electrons. The van der Waals surface area contributed by atoms with Gasteiger partial charge in [0.05, 0.1) is 12.1 Å². The van der Waals surface area contributed by atoms with E-state index in [0.29, 0.717) is 34.8 Å². The molecule has 0 bridgehead atoms. The molecular weight excluding hydrogens is 513 g/mol. The number of carbonyl (C=O) groups excluding carboxylic acids is 2. The topological polar surface area (TPSA) is 57.6 Å². The average molecular weight is 532 g/mol. The van der Waals surface area contributed by atoms with Crippen LogP contribution in [-0.4, -0.2) is 23.3 Å². The first kappa shape index (κ1) is 21.0. The molecule has 0 fully saturated rings. The highest BCUT2D eigenvalue weighted by atomic mass is 127. The molecule has 30 heavy (non-hydrogen) atoms. The first-order valence-electron chi connectivity index (χ1n) is 9.55. The fraction of sp³-hybridized carbons (Fsp3) is 0.167. The van der Waals surface area contributed by atoms with Crippen molar-refractivity contribution in [3.8, 4) is 0 Å². The van der Waals surface area contributed by atoms with Crippen LogP contribution in [-0.2, 0) is 16.8 Å². The highest BCUT2D eigenvalue weighted by Gasteiger charge is 2.50. The van der Waals surface area contributed by atoms with E-state index in [1.54, 1.807) is 35.2 Å². The van der Waals surface area contributed by atoms with Gasteiger partial charge in [0.1, 0.15) is 0 Å². The molecule has 0 unspecified atom stereocenters. The van der Waals surface area contributed by atoms with Gasteiger partial charge in [0.2, 0.25) is 0 Å². The van der Waals surface area contributed by atoms with E-state index >= 15 is 0 Å². The van der Waals surface area contributed by atoms with E-state index in [4.69, 9.17) is 11.6 Å². The number of nitrogens with zero attached hydrogens (tertiary/aromatic N) is 1. The minimum Gasteiger partial charge on any atom is -0.375 e. The molecule has 0 aromatic heterocycles. The van der Waals surface area contributed by atoms with E-state index in [9.17, 15) is 14.7 Å². The maximum Gasteiger partial charge on any atom is 0.264 e. The summed E-state index contributed by atoms with van der Waals surface area (Å²) in [7, 11) is 0. The van der Waals surface area contributed by atoms with Gasteiger partial charge in [0, 0.05) is 26.3 Å². The highest BCUT2D eigenvalue weighted by molar-refractivity contribution is 14.1. The molecule has 3 aromatic rings. The number of Topliss-reactive ketones (excluding diaryl/α,β-unsaturated/α-hetero) is 1. The SMILES string of the molecule is O=C(C[C@]1(O)C(=O)N(CCc2ccccc2)c2ccc(Cl)cc21)c1ccc(I)cc1. The third-order valence-corrected chi connectivity index (χ3v) is 6.30. The van der Waals surface area contributed by atoms with Gasteiger partial charge >= 0.3 is 0 Å². The lowest BCUT2D eigenvalue weighted by molar-refractivity contribution is -0.135. The molecule has 1 atom stereocenters. The Bertz CT molecular complexity index is 1100. The minimum atomic E-state index is -1.93. The average Bonchev–Trinajstić information content (AvgIpc) is 2.94. The Labute approximate surface area is 193 Å². The van der Waals surface area contributed by atoms with Gasteiger partial charge in [0.25, 0.3) is 5.91 Å². The zero-order chi connectivity index (χ0) is 21.3. The first-order valence-corrected chi connectivity index (χ1v) is 11.0. The van der Waals surface area contributed by atoms with Crippen LogP contribution in [0.4, 0.5) is 5.69 Å². The van der Waals surface area contributed by atoms with Gasteiger partial charge < -0.3 is 10.0 Å². The van der Waals surface area contributed by atoms with Crippen LogP contribution in [0.1, 0.15) is 27.9 Å². The molecule has 0 aliphatic carbocycles. The highest BCUT2D eigenvalue weighted by Crippen LogP contribution is 2.44. The maximum absolute atomic E-state index is 13.3. The number of ketones is 1. The largest absolute Gasteiger partial charge is 0.375 e. The van der Waals surface area contributed by atoms with Gasteiger partial charge in [-0.25, -0.2) is 0 Å². The molecule has 1 aliphatic heterocycles. The van der Waals surface area contributed by atoms with Crippen LogP contribution in [0, 0.1) is 3.57 Å². The van der Waals surface area contributed by atoms with E-state index in [-0.39, 0.29) is 12.2 Å². The number of hydrogen-bond acceptors (Lipinski definition) is 3. The molecular formula is C24H19ClINO3. The Hall–Kier alpha value is -2.22. The quantitative estimate of drug-likeness (QED) is 0.360. The van der Waals surface area contributed by atoms with Gasteiger partial charge in [-0.2, -0.15) is 0 Å². The number of hydrogen-bond donors (Lipinski definition) is 1. The molecule has 4 nitrogen and oxygen atoms in total. The monoisotopic (exact) mass is 531 g/mol. The standard InChI is InChI=1S/C24H19ClINO3/c25-18-8-11-21-20(14-18)24(30,15-22(28)17-6-9-19(26)10-7-17)23(29)27(21)13-12-16-4-2-1-3-5-16/h1-11,14,30H,12-13,15H2/t24-/m1/s1. The lowest BCUT2D eigenvalue weighted by atomic mass is 9.88. The molecule has 152 valence electrons. The first-order chi connectivity index (χ1) is 14.4. The number of aliphatic hydroxyl groups is 1. The summed E-state index contributed by atoms with van der Waals surface area (Å²) in [6.45, 7) is 0.400. The lowest BCUT2D eigenvalue weighted by Gasteiger charge is -2.23. The Balaban J connectivity index is 1.64. The summed E-state index contributed by atoms with van der Waals surface area (Å²) in [6, 6.07) is 21.9. The van der Waals surface area contributed by atoms with Crippen molar-refractivity contribution in [2.24, 2.45) is 0 Å².